The highest BCUT2D eigenvalue weighted by Gasteiger charge is 2.47. The number of nitrogens with zero attached hydrogens (tertiary/aromatic N) is 6. The van der Waals surface area contributed by atoms with E-state index in [0.717, 1.165) is 53.9 Å². The van der Waals surface area contributed by atoms with Gasteiger partial charge in [-0.1, -0.05) is 30.3 Å². The fourth-order valence-electron chi connectivity index (χ4n) is 4.53. The molecule has 3 aromatic rings. The molecular weight excluding hydrogens is 422 g/mol. The van der Waals surface area contributed by atoms with Crippen LogP contribution in [0.5, 0.6) is 0 Å². The zero-order valence-corrected chi connectivity index (χ0v) is 18.5. The Morgan fingerprint density at radius 3 is 2.73 bits per heavy atom. The molecule has 0 bridgehead atoms. The number of hydrogen-bond acceptors (Lipinski definition) is 8. The molecule has 0 unspecified atom stereocenters. The molecule has 8 nitrogen and oxygen atoms in total. The molecule has 2 aliphatic rings. The maximum atomic E-state index is 6.31. The van der Waals surface area contributed by atoms with Crippen molar-refractivity contribution in [2.24, 2.45) is 11.3 Å². The van der Waals surface area contributed by atoms with Crippen molar-refractivity contribution in [1.29, 1.82) is 0 Å². The lowest BCUT2D eigenvalue weighted by Gasteiger charge is -2.41. The highest BCUT2D eigenvalue weighted by Crippen LogP contribution is 2.46. The Morgan fingerprint density at radius 1 is 1.20 bits per heavy atom. The fraction of sp³-hybridized carbons (Fsp3) is 0.500. The summed E-state index contributed by atoms with van der Waals surface area (Å²) in [6.45, 7) is 7.24. The lowest BCUT2D eigenvalue weighted by molar-refractivity contribution is 0.0968. The minimum absolute atomic E-state index is 0.283. The summed E-state index contributed by atoms with van der Waals surface area (Å²) >= 11 is 7.77. The Hall–Kier alpha value is -2.10. The number of rotatable bonds is 3. The fourth-order valence-corrected chi connectivity index (χ4v) is 5.66. The molecule has 3 aromatic heterocycles. The molecule has 2 aliphatic heterocycles. The lowest BCUT2D eigenvalue weighted by atomic mass is 9.70. The van der Waals surface area contributed by atoms with Crippen LogP contribution in [0.1, 0.15) is 26.7 Å². The third-order valence-electron chi connectivity index (χ3n) is 6.70. The standard InChI is InChI=1S/C20H24ClN7OS/c1-12-13(2)29-10-20(12)4-7-27(8-5-20)19-24-9-15(18-25-11-26-28(18)19)30-14-3-6-23-17(22)16(14)21/h3,6,9,11-13H,4-5,7-8,10H2,1-2H3,(H2,22,23)/t12-,13+/m1/s1. The van der Waals surface area contributed by atoms with Gasteiger partial charge in [-0.15, -0.1) is 0 Å². The van der Waals surface area contributed by atoms with Crippen molar-refractivity contribution in [2.45, 2.75) is 42.6 Å². The molecular formula is C20H24ClN7OS. The van der Waals surface area contributed by atoms with E-state index in [0.29, 0.717) is 22.9 Å². The van der Waals surface area contributed by atoms with Crippen LogP contribution < -0.4 is 10.6 Å². The van der Waals surface area contributed by atoms with Crippen molar-refractivity contribution in [3.05, 3.63) is 29.8 Å². The molecule has 5 rings (SSSR count). The smallest absolute Gasteiger partial charge is 0.228 e. The van der Waals surface area contributed by atoms with Crippen LogP contribution in [0.25, 0.3) is 5.65 Å². The molecule has 10 heteroatoms. The maximum absolute atomic E-state index is 6.31. The Balaban J connectivity index is 1.40. The Labute approximate surface area is 184 Å². The van der Waals surface area contributed by atoms with Gasteiger partial charge in [0.05, 0.1) is 22.6 Å². The molecule has 0 aliphatic carbocycles. The zero-order valence-electron chi connectivity index (χ0n) is 17.0. The number of aromatic nitrogens is 5. The van der Waals surface area contributed by atoms with Crippen LogP contribution in [0.15, 0.2) is 34.6 Å². The van der Waals surface area contributed by atoms with Crippen molar-refractivity contribution in [2.75, 3.05) is 30.3 Å². The molecule has 0 radical (unpaired) electrons. The summed E-state index contributed by atoms with van der Waals surface area (Å²) in [5.41, 5.74) is 6.87. The van der Waals surface area contributed by atoms with Crippen molar-refractivity contribution in [3.63, 3.8) is 0 Å². The molecule has 158 valence electrons. The van der Waals surface area contributed by atoms with E-state index in [1.54, 1.807) is 12.5 Å². The molecule has 5 heterocycles. The van der Waals surface area contributed by atoms with Crippen LogP contribution in [0.3, 0.4) is 0 Å². The topological polar surface area (TPSA) is 94.5 Å². The summed E-state index contributed by atoms with van der Waals surface area (Å²) in [6.07, 6.45) is 7.57. The van der Waals surface area contributed by atoms with Crippen LogP contribution in [0.4, 0.5) is 11.8 Å². The minimum Gasteiger partial charge on any atom is -0.382 e. The second kappa shape index (κ2) is 7.55. The van der Waals surface area contributed by atoms with Gasteiger partial charge in [0.15, 0.2) is 5.65 Å². The largest absolute Gasteiger partial charge is 0.382 e. The van der Waals surface area contributed by atoms with Crippen molar-refractivity contribution in [1.82, 2.24) is 24.6 Å². The summed E-state index contributed by atoms with van der Waals surface area (Å²) in [6, 6.07) is 1.83. The van der Waals surface area contributed by atoms with E-state index in [4.69, 9.17) is 27.1 Å². The summed E-state index contributed by atoms with van der Waals surface area (Å²) in [5, 5.41) is 4.88. The third-order valence-corrected chi connectivity index (χ3v) is 8.28. The molecule has 2 fully saturated rings. The summed E-state index contributed by atoms with van der Waals surface area (Å²) in [5.74, 6) is 1.71. The first-order chi connectivity index (χ1) is 14.5. The molecule has 0 aromatic carbocycles. The van der Waals surface area contributed by atoms with E-state index in [9.17, 15) is 0 Å². The van der Waals surface area contributed by atoms with Gasteiger partial charge in [-0.3, -0.25) is 0 Å². The number of piperidine rings is 1. The van der Waals surface area contributed by atoms with E-state index in [-0.39, 0.29) is 5.41 Å². The molecule has 0 saturated carbocycles. The SMILES string of the molecule is C[C@@H]1OCC2(CCN(c3ncc(Sc4ccnc(N)c4Cl)c4ncnn34)CC2)[C@@H]1C. The molecule has 1 spiro atoms. The van der Waals surface area contributed by atoms with Crippen molar-refractivity contribution in [3.8, 4) is 0 Å². The van der Waals surface area contributed by atoms with Gasteiger partial charge < -0.3 is 15.4 Å². The van der Waals surface area contributed by atoms with Gasteiger partial charge in [0.1, 0.15) is 12.1 Å². The van der Waals surface area contributed by atoms with E-state index >= 15 is 0 Å². The Bertz CT molecular complexity index is 1080. The van der Waals surface area contributed by atoms with Crippen molar-refractivity contribution >= 4 is 40.8 Å². The number of fused-ring (bicyclic) bond motifs is 1. The molecule has 30 heavy (non-hydrogen) atoms. The lowest BCUT2D eigenvalue weighted by Crippen LogP contribution is -2.44. The molecule has 2 atom stereocenters. The van der Waals surface area contributed by atoms with Gasteiger partial charge in [-0.25, -0.2) is 15.0 Å². The minimum atomic E-state index is 0.283. The van der Waals surface area contributed by atoms with E-state index < -0.39 is 0 Å². The van der Waals surface area contributed by atoms with Crippen LogP contribution in [-0.4, -0.2) is 50.4 Å². The van der Waals surface area contributed by atoms with Gasteiger partial charge in [0.2, 0.25) is 5.95 Å². The highest BCUT2D eigenvalue weighted by molar-refractivity contribution is 7.99. The summed E-state index contributed by atoms with van der Waals surface area (Å²) in [4.78, 5) is 17.2. The number of nitrogen functional groups attached to an aromatic ring is 1. The number of anilines is 2. The van der Waals surface area contributed by atoms with Gasteiger partial charge in [0.25, 0.3) is 0 Å². The van der Waals surface area contributed by atoms with Crippen LogP contribution in [0, 0.1) is 11.3 Å². The molecule has 0 amide bonds. The van der Waals surface area contributed by atoms with Gasteiger partial charge in [-0.05, 0) is 31.7 Å². The second-order valence-corrected chi connectivity index (χ2v) is 9.64. The maximum Gasteiger partial charge on any atom is 0.228 e. The Kier molecular flexibility index (Phi) is 4.99. The zero-order chi connectivity index (χ0) is 20.9. The van der Waals surface area contributed by atoms with Gasteiger partial charge >= 0.3 is 0 Å². The number of ether oxygens (including phenoxy) is 1. The number of halogens is 1. The predicted octanol–water partition coefficient (Wildman–Crippen LogP) is 3.55. The average Bonchev–Trinajstić information content (AvgIpc) is 3.35. The Morgan fingerprint density at radius 2 is 2.00 bits per heavy atom. The molecule has 2 saturated heterocycles. The number of pyridine rings is 1. The first-order valence-corrected chi connectivity index (χ1v) is 11.3. The normalized spacial score (nSPS) is 23.5. The highest BCUT2D eigenvalue weighted by atomic mass is 35.5. The monoisotopic (exact) mass is 445 g/mol. The predicted molar refractivity (Wildman–Crippen MR) is 117 cm³/mol. The van der Waals surface area contributed by atoms with E-state index in [1.165, 1.54) is 11.8 Å². The second-order valence-electron chi connectivity index (χ2n) is 8.18. The summed E-state index contributed by atoms with van der Waals surface area (Å²) in [7, 11) is 0. The summed E-state index contributed by atoms with van der Waals surface area (Å²) < 4.78 is 7.77. The first kappa shape index (κ1) is 19.8. The average molecular weight is 446 g/mol. The third kappa shape index (κ3) is 3.19. The molecule has 2 N–H and O–H groups in total. The van der Waals surface area contributed by atoms with Gasteiger partial charge in [-0.2, -0.15) is 9.61 Å². The number of nitrogens with two attached hydrogens (primary N) is 1. The van der Waals surface area contributed by atoms with Gasteiger partial charge in [0, 0.05) is 35.8 Å². The van der Waals surface area contributed by atoms with Crippen LogP contribution in [-0.2, 0) is 4.74 Å². The van der Waals surface area contributed by atoms with Crippen LogP contribution in [0.2, 0.25) is 5.02 Å². The van der Waals surface area contributed by atoms with E-state index in [1.807, 2.05) is 16.8 Å². The quantitative estimate of drug-likeness (QED) is 0.654. The number of hydrogen-bond donors (Lipinski definition) is 1. The van der Waals surface area contributed by atoms with Crippen LogP contribution >= 0.6 is 23.4 Å². The first-order valence-electron chi connectivity index (χ1n) is 10.1. The van der Waals surface area contributed by atoms with Crippen molar-refractivity contribution < 1.29 is 4.74 Å². The van der Waals surface area contributed by atoms with E-state index in [2.05, 4.69) is 33.8 Å².